The van der Waals surface area contributed by atoms with E-state index in [9.17, 15) is 8.42 Å². The molecule has 1 aromatic carbocycles. The van der Waals surface area contributed by atoms with E-state index in [1.54, 1.807) is 0 Å². The van der Waals surface area contributed by atoms with E-state index in [0.717, 1.165) is 0 Å². The molecule has 1 rings (SSSR count). The summed E-state index contributed by atoms with van der Waals surface area (Å²) in [7, 11) is 0.789. The van der Waals surface area contributed by atoms with Crippen LogP contribution in [0.4, 0.5) is 0 Å². The van der Waals surface area contributed by atoms with Crippen LogP contribution >= 0.6 is 0 Å². The van der Waals surface area contributed by atoms with Crippen molar-refractivity contribution in [3.05, 3.63) is 30.4 Å². The normalized spacial score (nSPS) is 11.4. The number of likely N-dealkylation sites (N-methyl/N-ethyl adjacent to an activating group) is 1. The van der Waals surface area contributed by atoms with E-state index in [4.69, 9.17) is 15.2 Å². The summed E-state index contributed by atoms with van der Waals surface area (Å²) in [4.78, 5) is 0.111. The molecule has 0 aliphatic carbocycles. The first-order valence-corrected chi connectivity index (χ1v) is 7.38. The molecule has 0 fully saturated rings. The van der Waals surface area contributed by atoms with E-state index in [1.807, 2.05) is 0 Å². The second-order valence-electron chi connectivity index (χ2n) is 4.10. The zero-order valence-electron chi connectivity index (χ0n) is 11.9. The van der Waals surface area contributed by atoms with Crippen LogP contribution in [0.3, 0.4) is 0 Å². The number of hydrogen-bond acceptors (Lipinski definition) is 5. The van der Waals surface area contributed by atoms with Gasteiger partial charge in [-0.15, -0.1) is 6.58 Å². The van der Waals surface area contributed by atoms with E-state index in [2.05, 4.69) is 6.58 Å². The van der Waals surface area contributed by atoms with Crippen LogP contribution in [-0.2, 0) is 16.6 Å². The number of ether oxygens (including phenoxy) is 2. The third-order valence-electron chi connectivity index (χ3n) is 2.84. The van der Waals surface area contributed by atoms with Crippen molar-refractivity contribution in [3.8, 4) is 11.5 Å². The van der Waals surface area contributed by atoms with Crippen molar-refractivity contribution in [2.24, 2.45) is 5.73 Å². The molecule has 0 aromatic heterocycles. The fraction of sp³-hybridized carbons (Fsp3) is 0.385. The van der Waals surface area contributed by atoms with Gasteiger partial charge in [0.2, 0.25) is 10.0 Å². The molecule has 0 bridgehead atoms. The van der Waals surface area contributed by atoms with Crippen LogP contribution < -0.4 is 15.2 Å². The summed E-state index contributed by atoms with van der Waals surface area (Å²) in [5, 5.41) is 0. The number of nitrogens with two attached hydrogens (primary N) is 1. The van der Waals surface area contributed by atoms with Crippen LogP contribution in [0.15, 0.2) is 29.7 Å². The highest BCUT2D eigenvalue weighted by atomic mass is 32.2. The van der Waals surface area contributed by atoms with E-state index in [1.165, 1.54) is 43.8 Å². The first-order chi connectivity index (χ1) is 9.42. The lowest BCUT2D eigenvalue weighted by atomic mass is 10.2. The first-order valence-electron chi connectivity index (χ1n) is 5.94. The molecule has 0 atom stereocenters. The molecule has 112 valence electrons. The molecule has 0 saturated heterocycles. The molecule has 0 amide bonds. The van der Waals surface area contributed by atoms with Crippen LogP contribution in [0.1, 0.15) is 5.56 Å². The molecule has 2 N–H and O–H groups in total. The molecule has 0 unspecified atom stereocenters. The van der Waals surface area contributed by atoms with Crippen LogP contribution in [-0.4, -0.2) is 40.5 Å². The summed E-state index contributed by atoms with van der Waals surface area (Å²) in [6.45, 7) is 3.90. The second-order valence-corrected chi connectivity index (χ2v) is 6.14. The standard InChI is InChI=1S/C13H20N2O4S/c1-5-6-15(2)20(16,17)11-7-10(9-14)13(19-4)12(8-11)18-3/h5,7-8H,1,6,9,14H2,2-4H3. The number of rotatable bonds is 7. The van der Waals surface area contributed by atoms with E-state index >= 15 is 0 Å². The largest absolute Gasteiger partial charge is 0.493 e. The van der Waals surface area contributed by atoms with Crippen molar-refractivity contribution in [1.29, 1.82) is 0 Å². The SMILES string of the molecule is C=CCN(C)S(=O)(=O)c1cc(CN)c(OC)c(OC)c1. The summed E-state index contributed by atoms with van der Waals surface area (Å²) in [6, 6.07) is 2.92. The lowest BCUT2D eigenvalue weighted by Gasteiger charge is -2.18. The van der Waals surface area contributed by atoms with E-state index in [-0.39, 0.29) is 18.0 Å². The van der Waals surface area contributed by atoms with Crippen molar-refractivity contribution < 1.29 is 17.9 Å². The monoisotopic (exact) mass is 300 g/mol. The number of methoxy groups -OCH3 is 2. The maximum Gasteiger partial charge on any atom is 0.243 e. The summed E-state index contributed by atoms with van der Waals surface area (Å²) in [5.74, 6) is 0.779. The van der Waals surface area contributed by atoms with Gasteiger partial charge in [0.15, 0.2) is 11.5 Å². The van der Waals surface area contributed by atoms with Gasteiger partial charge in [-0.2, -0.15) is 4.31 Å². The average molecular weight is 300 g/mol. The predicted octanol–water partition coefficient (Wildman–Crippen LogP) is 0.969. The molecular formula is C13H20N2O4S. The van der Waals surface area contributed by atoms with Gasteiger partial charge >= 0.3 is 0 Å². The molecule has 1 aromatic rings. The number of hydrogen-bond donors (Lipinski definition) is 1. The molecular weight excluding hydrogens is 280 g/mol. The molecule has 0 heterocycles. The summed E-state index contributed by atoms with van der Waals surface area (Å²) < 4.78 is 36.4. The third-order valence-corrected chi connectivity index (χ3v) is 4.64. The van der Waals surface area contributed by atoms with Gasteiger partial charge in [0.1, 0.15) is 0 Å². The van der Waals surface area contributed by atoms with E-state index in [0.29, 0.717) is 17.1 Å². The number of nitrogens with zero attached hydrogens (tertiary/aromatic N) is 1. The Morgan fingerprint density at radius 2 is 2.00 bits per heavy atom. The van der Waals surface area contributed by atoms with Crippen LogP contribution in [0, 0.1) is 0 Å². The van der Waals surface area contributed by atoms with Crippen LogP contribution in [0.5, 0.6) is 11.5 Å². The van der Waals surface area contributed by atoms with Crippen molar-refractivity contribution in [1.82, 2.24) is 4.31 Å². The summed E-state index contributed by atoms with van der Waals surface area (Å²) >= 11 is 0. The maximum absolute atomic E-state index is 12.4. The topological polar surface area (TPSA) is 81.9 Å². The molecule has 7 heteroatoms. The molecule has 0 spiro atoms. The predicted molar refractivity (Wildman–Crippen MR) is 77.5 cm³/mol. The third kappa shape index (κ3) is 3.12. The van der Waals surface area contributed by atoms with Gasteiger partial charge < -0.3 is 15.2 Å². The highest BCUT2D eigenvalue weighted by Crippen LogP contribution is 2.34. The van der Waals surface area contributed by atoms with Crippen molar-refractivity contribution >= 4 is 10.0 Å². The molecule has 0 aliphatic heterocycles. The molecule has 0 saturated carbocycles. The molecule has 0 aliphatic rings. The Labute approximate surface area is 119 Å². The van der Waals surface area contributed by atoms with Gasteiger partial charge in [0.25, 0.3) is 0 Å². The Hall–Kier alpha value is -1.57. The Bertz CT molecular complexity index is 559. The highest BCUT2D eigenvalue weighted by molar-refractivity contribution is 7.89. The smallest absolute Gasteiger partial charge is 0.243 e. The Kier molecular flexibility index (Phi) is 5.55. The zero-order valence-corrected chi connectivity index (χ0v) is 12.7. The maximum atomic E-state index is 12.4. The van der Waals surface area contributed by atoms with Crippen LogP contribution in [0.25, 0.3) is 0 Å². The Balaban J connectivity index is 3.43. The average Bonchev–Trinajstić information content (AvgIpc) is 2.45. The lowest BCUT2D eigenvalue weighted by Crippen LogP contribution is -2.27. The second kappa shape index (κ2) is 6.74. The molecule has 0 radical (unpaired) electrons. The van der Waals surface area contributed by atoms with Gasteiger partial charge in [-0.3, -0.25) is 0 Å². The van der Waals surface area contributed by atoms with Gasteiger partial charge in [0, 0.05) is 31.8 Å². The minimum atomic E-state index is -3.62. The van der Waals surface area contributed by atoms with Gasteiger partial charge in [-0.05, 0) is 6.07 Å². The van der Waals surface area contributed by atoms with Crippen molar-refractivity contribution in [2.45, 2.75) is 11.4 Å². The van der Waals surface area contributed by atoms with Crippen molar-refractivity contribution in [2.75, 3.05) is 27.8 Å². The fourth-order valence-corrected chi connectivity index (χ4v) is 2.98. The van der Waals surface area contributed by atoms with E-state index < -0.39 is 10.0 Å². The quantitative estimate of drug-likeness (QED) is 0.759. The summed E-state index contributed by atoms with van der Waals surface area (Å²) in [6.07, 6.45) is 1.52. The van der Waals surface area contributed by atoms with Crippen molar-refractivity contribution in [3.63, 3.8) is 0 Å². The van der Waals surface area contributed by atoms with Gasteiger partial charge in [0.05, 0.1) is 19.1 Å². The summed E-state index contributed by atoms with van der Waals surface area (Å²) in [5.41, 5.74) is 6.20. The number of sulfonamides is 1. The lowest BCUT2D eigenvalue weighted by molar-refractivity contribution is 0.350. The molecule has 20 heavy (non-hydrogen) atoms. The van der Waals surface area contributed by atoms with Crippen LogP contribution in [0.2, 0.25) is 0 Å². The zero-order chi connectivity index (χ0) is 15.3. The first kappa shape index (κ1) is 16.5. The van der Waals surface area contributed by atoms with Gasteiger partial charge in [-0.25, -0.2) is 8.42 Å². The minimum absolute atomic E-state index is 0.111. The fourth-order valence-electron chi connectivity index (χ4n) is 1.78. The molecule has 6 nitrogen and oxygen atoms in total. The van der Waals surface area contributed by atoms with Gasteiger partial charge in [-0.1, -0.05) is 6.08 Å². The number of benzene rings is 1. The minimum Gasteiger partial charge on any atom is -0.493 e. The Morgan fingerprint density at radius 1 is 1.35 bits per heavy atom. The highest BCUT2D eigenvalue weighted by Gasteiger charge is 2.23. The Morgan fingerprint density at radius 3 is 2.45 bits per heavy atom.